The third kappa shape index (κ3) is 4.42. The molecule has 0 unspecified atom stereocenters. The Morgan fingerprint density at radius 1 is 1.17 bits per heavy atom. The average molecular weight is 400 g/mol. The number of ether oxygens (including phenoxy) is 2. The number of esters is 2. The van der Waals surface area contributed by atoms with Crippen LogP contribution in [0.4, 0.5) is 4.79 Å². The summed E-state index contributed by atoms with van der Waals surface area (Å²) in [6, 6.07) is 2.89. The largest absolute Gasteiger partial charge is 0.464 e. The highest BCUT2D eigenvalue weighted by molar-refractivity contribution is 5.95. The summed E-state index contributed by atoms with van der Waals surface area (Å²) in [6.07, 6.45) is 1.56. The smallest absolute Gasteiger partial charge is 0.338 e. The number of hydrogen-bond donors (Lipinski definition) is 2. The molecule has 2 amide bonds. The number of urea groups is 1. The van der Waals surface area contributed by atoms with Crippen LogP contribution in [0.15, 0.2) is 34.1 Å². The van der Waals surface area contributed by atoms with Gasteiger partial charge in [-0.2, -0.15) is 0 Å². The number of aryl methyl sites for hydroxylation is 2. The van der Waals surface area contributed by atoms with Crippen molar-refractivity contribution in [3.05, 3.63) is 46.4 Å². The van der Waals surface area contributed by atoms with E-state index in [2.05, 4.69) is 10.6 Å². The lowest BCUT2D eigenvalue weighted by Gasteiger charge is -2.26. The van der Waals surface area contributed by atoms with Gasteiger partial charge < -0.3 is 24.5 Å². The monoisotopic (exact) mass is 400 g/mol. The zero-order valence-electron chi connectivity index (χ0n) is 16.9. The molecule has 29 heavy (non-hydrogen) atoms. The Balaban J connectivity index is 1.73. The van der Waals surface area contributed by atoms with Crippen molar-refractivity contribution in [2.45, 2.75) is 40.2 Å². The van der Waals surface area contributed by atoms with Crippen LogP contribution in [0.3, 0.4) is 0 Å². The average Bonchev–Trinajstić information content (AvgIpc) is 3.01. The van der Waals surface area contributed by atoms with Gasteiger partial charge in [0.1, 0.15) is 12.2 Å². The van der Waals surface area contributed by atoms with Crippen LogP contribution in [-0.4, -0.2) is 37.2 Å². The number of carbonyl (C=O) groups excluding carboxylic acids is 3. The fourth-order valence-electron chi connectivity index (χ4n) is 3.23. The summed E-state index contributed by atoms with van der Waals surface area (Å²) in [5, 5.41) is 5.98. The molecule has 0 saturated carbocycles. The standard InChI is InChI=1S/C21H24N2O6/c1-5-27-20(25)19-13(4)22-21(26)23-16(19)10-29-18(24)8-14-9-28-17-7-12(3)11(2)6-15(14)17/h6-7,9,13H,5,8,10H2,1-4H3,(H2,22,23,26)/t13-/m0/s1. The normalized spacial score (nSPS) is 16.4. The molecule has 1 aliphatic heterocycles. The molecule has 0 fully saturated rings. The number of hydrogen-bond acceptors (Lipinski definition) is 6. The van der Waals surface area contributed by atoms with Crippen LogP contribution in [0.5, 0.6) is 0 Å². The lowest BCUT2D eigenvalue weighted by molar-refractivity contribution is -0.143. The van der Waals surface area contributed by atoms with Crippen LogP contribution in [0, 0.1) is 13.8 Å². The number of nitrogens with one attached hydrogen (secondary N) is 2. The Bertz CT molecular complexity index is 1000. The van der Waals surface area contributed by atoms with Gasteiger partial charge in [-0.3, -0.25) is 4.79 Å². The van der Waals surface area contributed by atoms with Crippen molar-refractivity contribution in [1.29, 1.82) is 0 Å². The van der Waals surface area contributed by atoms with Gasteiger partial charge in [0.25, 0.3) is 0 Å². The highest BCUT2D eigenvalue weighted by Crippen LogP contribution is 2.25. The van der Waals surface area contributed by atoms with Crippen molar-refractivity contribution >= 4 is 28.9 Å². The topological polar surface area (TPSA) is 107 Å². The van der Waals surface area contributed by atoms with Crippen molar-refractivity contribution in [1.82, 2.24) is 10.6 Å². The van der Waals surface area contributed by atoms with Gasteiger partial charge in [0.2, 0.25) is 0 Å². The molecule has 154 valence electrons. The van der Waals surface area contributed by atoms with E-state index in [0.717, 1.165) is 22.1 Å². The molecule has 1 aromatic heterocycles. The number of carbonyl (C=O) groups is 3. The fraction of sp³-hybridized carbons (Fsp3) is 0.381. The van der Waals surface area contributed by atoms with E-state index in [4.69, 9.17) is 13.9 Å². The number of fused-ring (bicyclic) bond motifs is 1. The minimum Gasteiger partial charge on any atom is -0.464 e. The molecule has 0 radical (unpaired) electrons. The van der Waals surface area contributed by atoms with E-state index < -0.39 is 24.0 Å². The SMILES string of the molecule is CCOC(=O)C1=C(COC(=O)Cc2coc3cc(C)c(C)cc23)NC(=O)N[C@H]1C. The van der Waals surface area contributed by atoms with Crippen molar-refractivity contribution in [3.8, 4) is 0 Å². The van der Waals surface area contributed by atoms with Gasteiger partial charge in [-0.1, -0.05) is 0 Å². The Labute approximate surface area is 168 Å². The van der Waals surface area contributed by atoms with Crippen molar-refractivity contribution in [2.75, 3.05) is 13.2 Å². The molecule has 1 aromatic carbocycles. The van der Waals surface area contributed by atoms with Crippen LogP contribution in [-0.2, 0) is 25.5 Å². The van der Waals surface area contributed by atoms with E-state index in [9.17, 15) is 14.4 Å². The summed E-state index contributed by atoms with van der Waals surface area (Å²) < 4.78 is 15.9. The maximum atomic E-state index is 12.4. The highest BCUT2D eigenvalue weighted by atomic mass is 16.5. The summed E-state index contributed by atoms with van der Waals surface area (Å²) in [6.45, 7) is 7.30. The minimum atomic E-state index is -0.565. The molecule has 0 saturated heterocycles. The predicted molar refractivity (Wildman–Crippen MR) is 105 cm³/mol. The van der Waals surface area contributed by atoms with Crippen LogP contribution in [0.1, 0.15) is 30.5 Å². The molecule has 2 heterocycles. The second kappa shape index (κ2) is 8.38. The Hall–Kier alpha value is -3.29. The number of rotatable bonds is 6. The van der Waals surface area contributed by atoms with E-state index in [1.807, 2.05) is 26.0 Å². The van der Waals surface area contributed by atoms with Gasteiger partial charge in [-0.25, -0.2) is 9.59 Å². The molecule has 8 nitrogen and oxygen atoms in total. The summed E-state index contributed by atoms with van der Waals surface area (Å²) in [7, 11) is 0. The molecule has 1 atom stereocenters. The van der Waals surface area contributed by atoms with Crippen LogP contribution in [0.25, 0.3) is 11.0 Å². The first-order chi connectivity index (χ1) is 13.8. The second-order valence-corrected chi connectivity index (χ2v) is 6.96. The van der Waals surface area contributed by atoms with Gasteiger partial charge in [0.15, 0.2) is 0 Å². The zero-order valence-corrected chi connectivity index (χ0v) is 16.9. The van der Waals surface area contributed by atoms with E-state index in [-0.39, 0.29) is 30.9 Å². The molecular formula is C21H24N2O6. The Kier molecular flexibility index (Phi) is 5.91. The fourth-order valence-corrected chi connectivity index (χ4v) is 3.23. The van der Waals surface area contributed by atoms with E-state index in [0.29, 0.717) is 5.58 Å². The van der Waals surface area contributed by atoms with Gasteiger partial charge in [0.05, 0.1) is 36.6 Å². The number of amides is 2. The summed E-state index contributed by atoms with van der Waals surface area (Å²) in [4.78, 5) is 36.3. The Morgan fingerprint density at radius 2 is 1.90 bits per heavy atom. The molecule has 1 aliphatic rings. The summed E-state index contributed by atoms with van der Waals surface area (Å²) in [5.41, 5.74) is 4.09. The summed E-state index contributed by atoms with van der Waals surface area (Å²) in [5.74, 6) is -1.06. The number of furan rings is 1. The maximum Gasteiger partial charge on any atom is 0.338 e. The molecular weight excluding hydrogens is 376 g/mol. The molecule has 0 aliphatic carbocycles. The van der Waals surface area contributed by atoms with E-state index in [1.165, 1.54) is 0 Å². The zero-order chi connectivity index (χ0) is 21.1. The van der Waals surface area contributed by atoms with Crippen LogP contribution < -0.4 is 10.6 Å². The van der Waals surface area contributed by atoms with Crippen molar-refractivity contribution in [3.63, 3.8) is 0 Å². The number of benzene rings is 1. The van der Waals surface area contributed by atoms with E-state index in [1.54, 1.807) is 20.1 Å². The minimum absolute atomic E-state index is 0.0132. The maximum absolute atomic E-state index is 12.4. The van der Waals surface area contributed by atoms with Gasteiger partial charge in [-0.05, 0) is 51.0 Å². The van der Waals surface area contributed by atoms with Gasteiger partial charge in [0, 0.05) is 10.9 Å². The third-order valence-corrected chi connectivity index (χ3v) is 4.85. The molecule has 0 spiro atoms. The molecule has 0 bridgehead atoms. The lowest BCUT2D eigenvalue weighted by atomic mass is 10.0. The molecule has 8 heteroatoms. The van der Waals surface area contributed by atoms with Gasteiger partial charge in [-0.15, -0.1) is 0 Å². The quantitative estimate of drug-likeness (QED) is 0.722. The van der Waals surface area contributed by atoms with Crippen molar-refractivity contribution in [2.24, 2.45) is 0 Å². The molecule has 2 N–H and O–H groups in total. The Morgan fingerprint density at radius 3 is 2.62 bits per heavy atom. The van der Waals surface area contributed by atoms with Crippen LogP contribution >= 0.6 is 0 Å². The first kappa shape index (κ1) is 20.4. The van der Waals surface area contributed by atoms with Crippen LogP contribution in [0.2, 0.25) is 0 Å². The first-order valence-corrected chi connectivity index (χ1v) is 9.40. The lowest BCUT2D eigenvalue weighted by Crippen LogP contribution is -2.50. The highest BCUT2D eigenvalue weighted by Gasteiger charge is 2.30. The van der Waals surface area contributed by atoms with E-state index >= 15 is 0 Å². The van der Waals surface area contributed by atoms with Gasteiger partial charge >= 0.3 is 18.0 Å². The van der Waals surface area contributed by atoms with Crippen molar-refractivity contribution < 1.29 is 28.3 Å². The molecule has 2 aromatic rings. The third-order valence-electron chi connectivity index (χ3n) is 4.85. The molecule has 3 rings (SSSR count). The first-order valence-electron chi connectivity index (χ1n) is 9.40. The second-order valence-electron chi connectivity index (χ2n) is 6.96. The predicted octanol–water partition coefficient (Wildman–Crippen LogP) is 2.65. The summed E-state index contributed by atoms with van der Waals surface area (Å²) >= 11 is 0.